The molecular formula is C20H21FN2O4. The van der Waals surface area contributed by atoms with E-state index in [1.165, 1.54) is 30.0 Å². The van der Waals surface area contributed by atoms with Crippen LogP contribution < -0.4 is 10.2 Å². The van der Waals surface area contributed by atoms with Crippen molar-refractivity contribution >= 4 is 23.5 Å². The van der Waals surface area contributed by atoms with Crippen molar-refractivity contribution in [2.24, 2.45) is 0 Å². The van der Waals surface area contributed by atoms with Crippen molar-refractivity contribution in [3.8, 4) is 0 Å². The maximum Gasteiger partial charge on any atom is 0.326 e. The minimum Gasteiger partial charge on any atom is -0.451 e. The van der Waals surface area contributed by atoms with E-state index < -0.39 is 30.3 Å². The second-order valence-corrected chi connectivity index (χ2v) is 5.71. The lowest BCUT2D eigenvalue weighted by Crippen LogP contribution is -2.41. The van der Waals surface area contributed by atoms with Crippen LogP contribution in [0.25, 0.3) is 0 Å². The first-order valence-electron chi connectivity index (χ1n) is 8.52. The van der Waals surface area contributed by atoms with E-state index in [2.05, 4.69) is 5.32 Å². The number of halogens is 1. The largest absolute Gasteiger partial charge is 0.451 e. The molecule has 6 nitrogen and oxygen atoms in total. The van der Waals surface area contributed by atoms with Crippen LogP contribution in [0.3, 0.4) is 0 Å². The Kier molecular flexibility index (Phi) is 7.05. The molecule has 0 saturated carbocycles. The lowest BCUT2D eigenvalue weighted by Gasteiger charge is -2.24. The Morgan fingerprint density at radius 3 is 2.33 bits per heavy atom. The molecule has 0 aliphatic heterocycles. The van der Waals surface area contributed by atoms with Gasteiger partial charge in [-0.2, -0.15) is 0 Å². The SMILES string of the molecule is CCN(C(=O)[C@H](C)OC(=O)CNC(=O)c1ccccc1F)c1ccccc1. The molecule has 0 aromatic heterocycles. The van der Waals surface area contributed by atoms with Gasteiger partial charge in [-0.25, -0.2) is 4.39 Å². The lowest BCUT2D eigenvalue weighted by molar-refractivity contribution is -0.152. The molecule has 142 valence electrons. The summed E-state index contributed by atoms with van der Waals surface area (Å²) in [7, 11) is 0. The predicted molar refractivity (Wildman–Crippen MR) is 98.8 cm³/mol. The Hall–Kier alpha value is -3.22. The minimum absolute atomic E-state index is 0.171. The van der Waals surface area contributed by atoms with E-state index in [1.807, 2.05) is 13.0 Å². The summed E-state index contributed by atoms with van der Waals surface area (Å²) in [6.45, 7) is 3.22. The zero-order chi connectivity index (χ0) is 19.8. The molecule has 0 saturated heterocycles. The molecule has 2 aromatic rings. The molecule has 0 spiro atoms. The number of ether oxygens (including phenoxy) is 1. The first kappa shape index (κ1) is 20.1. The summed E-state index contributed by atoms with van der Waals surface area (Å²) in [6, 6.07) is 14.4. The van der Waals surface area contributed by atoms with Gasteiger partial charge in [0.15, 0.2) is 6.10 Å². The minimum atomic E-state index is -1.02. The van der Waals surface area contributed by atoms with E-state index >= 15 is 0 Å². The summed E-state index contributed by atoms with van der Waals surface area (Å²) in [4.78, 5) is 37.8. The highest BCUT2D eigenvalue weighted by molar-refractivity contribution is 5.98. The summed E-state index contributed by atoms with van der Waals surface area (Å²) in [5.74, 6) is -2.58. The molecule has 2 amide bonds. The fraction of sp³-hybridized carbons (Fsp3) is 0.250. The topological polar surface area (TPSA) is 75.7 Å². The smallest absolute Gasteiger partial charge is 0.326 e. The summed E-state index contributed by atoms with van der Waals surface area (Å²) in [6.07, 6.45) is -1.02. The quantitative estimate of drug-likeness (QED) is 0.758. The highest BCUT2D eigenvalue weighted by Gasteiger charge is 2.24. The fourth-order valence-electron chi connectivity index (χ4n) is 2.48. The Morgan fingerprint density at radius 2 is 1.70 bits per heavy atom. The average molecular weight is 372 g/mol. The molecule has 0 aliphatic carbocycles. The maximum absolute atomic E-state index is 13.5. The Labute approximate surface area is 156 Å². The Bertz CT molecular complexity index is 811. The van der Waals surface area contributed by atoms with Gasteiger partial charge in [0, 0.05) is 12.2 Å². The molecule has 7 heteroatoms. The highest BCUT2D eigenvalue weighted by atomic mass is 19.1. The van der Waals surface area contributed by atoms with Gasteiger partial charge in [0.1, 0.15) is 12.4 Å². The van der Waals surface area contributed by atoms with Gasteiger partial charge in [0.05, 0.1) is 5.56 Å². The molecule has 0 fully saturated rings. The predicted octanol–water partition coefficient (Wildman–Crippen LogP) is 2.54. The molecule has 0 bridgehead atoms. The fourth-order valence-corrected chi connectivity index (χ4v) is 2.48. The van der Waals surface area contributed by atoms with E-state index in [0.29, 0.717) is 12.2 Å². The van der Waals surface area contributed by atoms with Crippen molar-refractivity contribution in [1.29, 1.82) is 0 Å². The Balaban J connectivity index is 1.90. The van der Waals surface area contributed by atoms with Gasteiger partial charge in [-0.3, -0.25) is 14.4 Å². The number of amides is 2. The number of nitrogens with one attached hydrogen (secondary N) is 1. The third-order valence-electron chi connectivity index (χ3n) is 3.82. The molecule has 2 aromatic carbocycles. The van der Waals surface area contributed by atoms with Crippen LogP contribution in [0, 0.1) is 5.82 Å². The first-order valence-corrected chi connectivity index (χ1v) is 8.52. The number of carbonyl (C=O) groups excluding carboxylic acids is 3. The van der Waals surface area contributed by atoms with Crippen molar-refractivity contribution in [2.75, 3.05) is 18.0 Å². The van der Waals surface area contributed by atoms with Gasteiger partial charge in [-0.05, 0) is 38.1 Å². The number of para-hydroxylation sites is 1. The second kappa shape index (κ2) is 9.47. The molecule has 2 rings (SSSR count). The number of nitrogens with zero attached hydrogens (tertiary/aromatic N) is 1. The number of hydrogen-bond donors (Lipinski definition) is 1. The van der Waals surface area contributed by atoms with Gasteiger partial charge in [-0.15, -0.1) is 0 Å². The molecule has 0 heterocycles. The van der Waals surface area contributed by atoms with Gasteiger partial charge in [0.25, 0.3) is 11.8 Å². The van der Waals surface area contributed by atoms with Gasteiger partial charge < -0.3 is 15.0 Å². The normalized spacial score (nSPS) is 11.4. The zero-order valence-electron chi connectivity index (χ0n) is 15.1. The summed E-state index contributed by atoms with van der Waals surface area (Å²) in [5.41, 5.74) is 0.524. The van der Waals surface area contributed by atoms with Crippen LogP contribution in [-0.4, -0.2) is 37.0 Å². The molecule has 0 unspecified atom stereocenters. The molecule has 27 heavy (non-hydrogen) atoms. The first-order chi connectivity index (χ1) is 12.9. The standard InChI is InChI=1S/C20H21FN2O4/c1-3-23(15-9-5-4-6-10-15)20(26)14(2)27-18(24)13-22-19(25)16-11-7-8-12-17(16)21/h4-12,14H,3,13H2,1-2H3,(H,22,25)/t14-/m0/s1. The van der Waals surface area contributed by atoms with Crippen molar-refractivity contribution < 1.29 is 23.5 Å². The van der Waals surface area contributed by atoms with E-state index in [1.54, 1.807) is 24.3 Å². The number of carbonyl (C=O) groups is 3. The summed E-state index contributed by atoms with van der Waals surface area (Å²) < 4.78 is 18.6. The summed E-state index contributed by atoms with van der Waals surface area (Å²) >= 11 is 0. The average Bonchev–Trinajstić information content (AvgIpc) is 2.67. The molecule has 1 atom stereocenters. The molecule has 1 N–H and O–H groups in total. The van der Waals surface area contributed by atoms with E-state index in [0.717, 1.165) is 6.07 Å². The third kappa shape index (κ3) is 5.37. The van der Waals surface area contributed by atoms with Crippen molar-refractivity contribution in [3.05, 3.63) is 66.0 Å². The van der Waals surface area contributed by atoms with E-state index in [9.17, 15) is 18.8 Å². The second-order valence-electron chi connectivity index (χ2n) is 5.71. The monoisotopic (exact) mass is 372 g/mol. The van der Waals surface area contributed by atoms with Crippen LogP contribution >= 0.6 is 0 Å². The van der Waals surface area contributed by atoms with Crippen molar-refractivity contribution in [3.63, 3.8) is 0 Å². The van der Waals surface area contributed by atoms with Crippen LogP contribution in [0.5, 0.6) is 0 Å². The van der Waals surface area contributed by atoms with Gasteiger partial charge in [0.2, 0.25) is 0 Å². The number of esters is 1. The molecule has 0 radical (unpaired) electrons. The van der Waals surface area contributed by atoms with Crippen molar-refractivity contribution in [1.82, 2.24) is 5.32 Å². The number of likely N-dealkylation sites (N-methyl/N-ethyl adjacent to an activating group) is 1. The van der Waals surface area contributed by atoms with Crippen molar-refractivity contribution in [2.45, 2.75) is 20.0 Å². The number of rotatable bonds is 7. The van der Waals surface area contributed by atoms with Crippen LogP contribution in [0.4, 0.5) is 10.1 Å². The van der Waals surface area contributed by atoms with Crippen LogP contribution in [0.15, 0.2) is 54.6 Å². The van der Waals surface area contributed by atoms with E-state index in [-0.39, 0.29) is 11.5 Å². The maximum atomic E-state index is 13.5. The van der Waals surface area contributed by atoms with Gasteiger partial charge in [-0.1, -0.05) is 30.3 Å². The highest BCUT2D eigenvalue weighted by Crippen LogP contribution is 2.15. The Morgan fingerprint density at radius 1 is 1.07 bits per heavy atom. The number of benzene rings is 2. The van der Waals surface area contributed by atoms with Crippen LogP contribution in [0.2, 0.25) is 0 Å². The van der Waals surface area contributed by atoms with E-state index in [4.69, 9.17) is 4.74 Å². The van der Waals surface area contributed by atoms with Crippen LogP contribution in [0.1, 0.15) is 24.2 Å². The number of anilines is 1. The van der Waals surface area contributed by atoms with Crippen LogP contribution in [-0.2, 0) is 14.3 Å². The molecular weight excluding hydrogens is 351 g/mol. The van der Waals surface area contributed by atoms with Gasteiger partial charge >= 0.3 is 5.97 Å². The zero-order valence-corrected chi connectivity index (χ0v) is 15.1. The third-order valence-corrected chi connectivity index (χ3v) is 3.82. The lowest BCUT2D eigenvalue weighted by atomic mass is 10.2. The summed E-state index contributed by atoms with van der Waals surface area (Å²) in [5, 5.41) is 2.28. The number of hydrogen-bond acceptors (Lipinski definition) is 4. The molecule has 0 aliphatic rings.